The summed E-state index contributed by atoms with van der Waals surface area (Å²) in [7, 11) is 0. The zero-order valence-electron chi connectivity index (χ0n) is 6.30. The molecule has 0 radical (unpaired) electrons. The molecule has 1 nitrogen and oxygen atoms in total. The molecule has 60 valence electrons. The quantitative estimate of drug-likeness (QED) is 0.721. The summed E-state index contributed by atoms with van der Waals surface area (Å²) in [6.07, 6.45) is 2.02. The Balaban J connectivity index is 3.06. The van der Waals surface area contributed by atoms with E-state index >= 15 is 0 Å². The molecule has 1 aromatic rings. The Hall–Kier alpha value is -0.180. The molecule has 0 saturated heterocycles. The standard InChI is InChI=1S/C8H10ClNS/c1-11-8-4-7(9)3-2-6(8)5-10/h2-4H,5,10H2,1H3. The van der Waals surface area contributed by atoms with Gasteiger partial charge < -0.3 is 5.73 Å². The summed E-state index contributed by atoms with van der Waals surface area (Å²) in [6, 6.07) is 5.77. The Kier molecular flexibility index (Phi) is 3.24. The van der Waals surface area contributed by atoms with E-state index in [1.54, 1.807) is 11.8 Å². The van der Waals surface area contributed by atoms with E-state index < -0.39 is 0 Å². The molecule has 2 N–H and O–H groups in total. The first kappa shape index (κ1) is 8.91. The van der Waals surface area contributed by atoms with Crippen molar-refractivity contribution < 1.29 is 0 Å². The van der Waals surface area contributed by atoms with Crippen LogP contribution in [0.3, 0.4) is 0 Å². The van der Waals surface area contributed by atoms with Crippen LogP contribution in [0.1, 0.15) is 5.56 Å². The highest BCUT2D eigenvalue weighted by Gasteiger charge is 1.99. The number of hydrogen-bond donors (Lipinski definition) is 1. The number of halogens is 1. The lowest BCUT2D eigenvalue weighted by Gasteiger charge is -2.03. The number of rotatable bonds is 2. The van der Waals surface area contributed by atoms with Crippen LogP contribution < -0.4 is 5.73 Å². The van der Waals surface area contributed by atoms with E-state index in [2.05, 4.69) is 0 Å². The van der Waals surface area contributed by atoms with Crippen molar-refractivity contribution in [2.75, 3.05) is 6.26 Å². The summed E-state index contributed by atoms with van der Waals surface area (Å²) in [5.41, 5.74) is 6.67. The Morgan fingerprint density at radius 1 is 1.55 bits per heavy atom. The van der Waals surface area contributed by atoms with Gasteiger partial charge in [-0.3, -0.25) is 0 Å². The van der Waals surface area contributed by atoms with Crippen molar-refractivity contribution >= 4 is 23.4 Å². The van der Waals surface area contributed by atoms with Gasteiger partial charge in [-0.25, -0.2) is 0 Å². The summed E-state index contributed by atoms with van der Waals surface area (Å²) in [5.74, 6) is 0. The second-order valence-corrected chi connectivity index (χ2v) is 3.44. The number of hydrogen-bond acceptors (Lipinski definition) is 2. The summed E-state index contributed by atoms with van der Waals surface area (Å²) in [5, 5.41) is 0.770. The van der Waals surface area contributed by atoms with Gasteiger partial charge in [0.05, 0.1) is 0 Å². The lowest BCUT2D eigenvalue weighted by atomic mass is 10.2. The van der Waals surface area contributed by atoms with Crippen LogP contribution in [0.4, 0.5) is 0 Å². The molecule has 11 heavy (non-hydrogen) atoms. The molecule has 0 atom stereocenters. The highest BCUT2D eigenvalue weighted by atomic mass is 35.5. The Bertz CT molecular complexity index is 250. The van der Waals surface area contributed by atoms with Gasteiger partial charge in [0.15, 0.2) is 0 Å². The molecule has 0 unspecified atom stereocenters. The lowest BCUT2D eigenvalue weighted by molar-refractivity contribution is 1.03. The number of thioether (sulfide) groups is 1. The van der Waals surface area contributed by atoms with E-state index in [1.807, 2.05) is 24.5 Å². The topological polar surface area (TPSA) is 26.0 Å². The predicted octanol–water partition coefficient (Wildman–Crippen LogP) is 2.52. The maximum absolute atomic E-state index is 5.80. The molecule has 0 aromatic heterocycles. The van der Waals surface area contributed by atoms with Crippen LogP contribution in [0.5, 0.6) is 0 Å². The van der Waals surface area contributed by atoms with Crippen molar-refractivity contribution in [1.29, 1.82) is 0 Å². The van der Waals surface area contributed by atoms with Gasteiger partial charge in [0.25, 0.3) is 0 Å². The smallest absolute Gasteiger partial charge is 0.0417 e. The van der Waals surface area contributed by atoms with Gasteiger partial charge in [0.2, 0.25) is 0 Å². The fourth-order valence-electron chi connectivity index (χ4n) is 0.887. The third-order valence-electron chi connectivity index (χ3n) is 1.47. The minimum atomic E-state index is 0.577. The molecule has 0 heterocycles. The molecule has 1 rings (SSSR count). The predicted molar refractivity (Wildman–Crippen MR) is 51.1 cm³/mol. The maximum atomic E-state index is 5.80. The largest absolute Gasteiger partial charge is 0.326 e. The third-order valence-corrected chi connectivity index (χ3v) is 2.52. The van der Waals surface area contributed by atoms with Crippen LogP contribution in [0.15, 0.2) is 23.1 Å². The van der Waals surface area contributed by atoms with E-state index in [0.717, 1.165) is 10.6 Å². The van der Waals surface area contributed by atoms with Crippen LogP contribution in [-0.4, -0.2) is 6.26 Å². The van der Waals surface area contributed by atoms with Crippen molar-refractivity contribution in [3.63, 3.8) is 0 Å². The van der Waals surface area contributed by atoms with Crippen molar-refractivity contribution in [2.24, 2.45) is 5.73 Å². The van der Waals surface area contributed by atoms with Gasteiger partial charge in [-0.1, -0.05) is 17.7 Å². The molecule has 3 heteroatoms. The minimum absolute atomic E-state index is 0.577. The first-order valence-electron chi connectivity index (χ1n) is 3.30. The lowest BCUT2D eigenvalue weighted by Crippen LogP contribution is -1.97. The maximum Gasteiger partial charge on any atom is 0.0417 e. The Morgan fingerprint density at radius 3 is 2.82 bits per heavy atom. The number of benzene rings is 1. The minimum Gasteiger partial charge on any atom is -0.326 e. The molecule has 0 saturated carbocycles. The molecule has 0 fully saturated rings. The second-order valence-electron chi connectivity index (χ2n) is 2.16. The van der Waals surface area contributed by atoms with E-state index in [-0.39, 0.29) is 0 Å². The summed E-state index contributed by atoms with van der Waals surface area (Å²) >= 11 is 7.47. The van der Waals surface area contributed by atoms with Gasteiger partial charge >= 0.3 is 0 Å². The van der Waals surface area contributed by atoms with E-state index in [1.165, 1.54) is 4.90 Å². The van der Waals surface area contributed by atoms with Crippen molar-refractivity contribution in [3.8, 4) is 0 Å². The molecule has 0 aliphatic rings. The van der Waals surface area contributed by atoms with Gasteiger partial charge in [-0.05, 0) is 24.0 Å². The average molecular weight is 188 g/mol. The molecule has 0 bridgehead atoms. The average Bonchev–Trinajstić information content (AvgIpc) is 2.04. The van der Waals surface area contributed by atoms with Gasteiger partial charge in [0, 0.05) is 16.5 Å². The van der Waals surface area contributed by atoms with Crippen molar-refractivity contribution in [1.82, 2.24) is 0 Å². The van der Waals surface area contributed by atoms with E-state index in [9.17, 15) is 0 Å². The van der Waals surface area contributed by atoms with E-state index in [4.69, 9.17) is 17.3 Å². The molecular formula is C8H10ClNS. The third kappa shape index (κ3) is 2.12. The SMILES string of the molecule is CSc1cc(Cl)ccc1CN. The zero-order valence-corrected chi connectivity index (χ0v) is 7.88. The fraction of sp³-hybridized carbons (Fsp3) is 0.250. The second kappa shape index (κ2) is 4.00. The van der Waals surface area contributed by atoms with Crippen LogP contribution in [0.25, 0.3) is 0 Å². The Labute approximate surface area is 75.9 Å². The normalized spacial score (nSPS) is 10.1. The highest BCUT2D eigenvalue weighted by Crippen LogP contribution is 2.23. The summed E-state index contributed by atoms with van der Waals surface area (Å²) in [4.78, 5) is 1.17. The monoisotopic (exact) mass is 187 g/mol. The molecule has 0 aliphatic carbocycles. The first-order valence-corrected chi connectivity index (χ1v) is 4.90. The van der Waals surface area contributed by atoms with Crippen LogP contribution in [0, 0.1) is 0 Å². The van der Waals surface area contributed by atoms with Crippen LogP contribution >= 0.6 is 23.4 Å². The van der Waals surface area contributed by atoms with Gasteiger partial charge in [0.1, 0.15) is 0 Å². The molecule has 1 aromatic carbocycles. The van der Waals surface area contributed by atoms with Crippen LogP contribution in [-0.2, 0) is 6.54 Å². The fourth-order valence-corrected chi connectivity index (χ4v) is 1.78. The molecular weight excluding hydrogens is 178 g/mol. The van der Waals surface area contributed by atoms with Crippen molar-refractivity contribution in [3.05, 3.63) is 28.8 Å². The van der Waals surface area contributed by atoms with E-state index in [0.29, 0.717) is 6.54 Å². The molecule has 0 spiro atoms. The summed E-state index contributed by atoms with van der Waals surface area (Å²) < 4.78 is 0. The highest BCUT2D eigenvalue weighted by molar-refractivity contribution is 7.98. The molecule has 0 amide bonds. The van der Waals surface area contributed by atoms with Gasteiger partial charge in [-0.2, -0.15) is 0 Å². The first-order chi connectivity index (χ1) is 5.27. The number of nitrogens with two attached hydrogens (primary N) is 1. The van der Waals surface area contributed by atoms with Gasteiger partial charge in [-0.15, -0.1) is 11.8 Å². The summed E-state index contributed by atoms with van der Waals surface area (Å²) in [6.45, 7) is 0.577. The Morgan fingerprint density at radius 2 is 2.27 bits per heavy atom. The van der Waals surface area contributed by atoms with Crippen molar-refractivity contribution in [2.45, 2.75) is 11.4 Å². The zero-order chi connectivity index (χ0) is 8.27. The molecule has 0 aliphatic heterocycles. The van der Waals surface area contributed by atoms with Crippen LogP contribution in [0.2, 0.25) is 5.02 Å².